The van der Waals surface area contributed by atoms with Crippen LogP contribution in [0.5, 0.6) is 5.75 Å². The molecule has 1 amide bonds. The predicted octanol–water partition coefficient (Wildman–Crippen LogP) is 1.39. The maximum absolute atomic E-state index is 12.9. The van der Waals surface area contributed by atoms with Gasteiger partial charge in [-0.25, -0.2) is 18.0 Å². The van der Waals surface area contributed by atoms with Crippen LogP contribution >= 0.6 is 0 Å². The van der Waals surface area contributed by atoms with Gasteiger partial charge in [0.15, 0.2) is 5.78 Å². The molecule has 0 bridgehead atoms. The summed E-state index contributed by atoms with van der Waals surface area (Å²) >= 11 is 0. The number of carbonyl (C=O) groups is 4. The maximum atomic E-state index is 12.9. The molecule has 2 aromatic rings. The normalized spacial score (nSPS) is 15.0. The molecule has 0 spiro atoms. The molecule has 1 saturated heterocycles. The summed E-state index contributed by atoms with van der Waals surface area (Å²) in [6.45, 7) is 4.80. The van der Waals surface area contributed by atoms with Crippen molar-refractivity contribution in [2.24, 2.45) is 0 Å². The molecule has 0 aromatic heterocycles. The molecule has 0 radical (unpaired) electrons. The number of hydrogen-bond donors (Lipinski definition) is 3. The fraction of sp³-hybridized carbons (Fsp3) is 0.333. The van der Waals surface area contributed by atoms with Crippen molar-refractivity contribution in [2.75, 3.05) is 38.6 Å². The number of aliphatic carboxylic acids is 2. The number of benzene rings is 2. The second-order valence-electron chi connectivity index (χ2n) is 8.02. The molecule has 0 aliphatic carbocycles. The summed E-state index contributed by atoms with van der Waals surface area (Å²) in [6, 6.07) is 12.6. The summed E-state index contributed by atoms with van der Waals surface area (Å²) in [5.74, 6) is -3.26. The van der Waals surface area contributed by atoms with Crippen molar-refractivity contribution < 1.29 is 42.5 Å². The van der Waals surface area contributed by atoms with E-state index < -0.39 is 28.0 Å². The second kappa shape index (κ2) is 12.9. The lowest BCUT2D eigenvalue weighted by atomic mass is 10.1. The minimum Gasteiger partial charge on any atom is -0.497 e. The first-order valence-electron chi connectivity index (χ1n) is 11.1. The van der Waals surface area contributed by atoms with Crippen LogP contribution in [0.1, 0.15) is 24.2 Å². The number of ketones is 1. The van der Waals surface area contributed by atoms with E-state index in [0.717, 1.165) is 0 Å². The molecule has 1 heterocycles. The number of nitrogens with one attached hydrogen (secondary N) is 1. The highest BCUT2D eigenvalue weighted by molar-refractivity contribution is 7.89. The number of anilines is 1. The molecule has 12 nitrogen and oxygen atoms in total. The van der Waals surface area contributed by atoms with E-state index in [2.05, 4.69) is 5.32 Å². The smallest absolute Gasteiger partial charge is 0.414 e. The van der Waals surface area contributed by atoms with Crippen LogP contribution in [0.15, 0.2) is 53.4 Å². The number of piperazine rings is 1. The molecule has 1 unspecified atom stereocenters. The third-order valence-electron chi connectivity index (χ3n) is 5.64. The van der Waals surface area contributed by atoms with E-state index in [1.54, 1.807) is 43.3 Å². The first-order valence-corrected chi connectivity index (χ1v) is 12.6. The monoisotopic (exact) mass is 535 g/mol. The van der Waals surface area contributed by atoms with Crippen molar-refractivity contribution in [2.45, 2.75) is 24.8 Å². The Bertz CT molecular complexity index is 1210. The lowest BCUT2D eigenvalue weighted by Gasteiger charge is -2.36. The quantitative estimate of drug-likeness (QED) is 0.348. The van der Waals surface area contributed by atoms with Crippen molar-refractivity contribution in [3.8, 4) is 5.75 Å². The minimum absolute atomic E-state index is 0.0336. The van der Waals surface area contributed by atoms with Crippen molar-refractivity contribution >= 4 is 39.3 Å². The molecule has 13 heteroatoms. The molecule has 2 aromatic carbocycles. The standard InChI is InChI=1S/C22H27N3O5S.C2H2O4/c1-16(22(27)23-19-6-4-18(5-7-19)17(2)26)24-12-14-25(15-13-24)31(28,29)21-10-8-20(30-3)9-11-21;3-1(4)2(5)6/h4-11,16H,12-15H2,1-3H3,(H,23,27);(H,3,4)(H,5,6). The van der Waals surface area contributed by atoms with E-state index >= 15 is 0 Å². The van der Waals surface area contributed by atoms with Gasteiger partial charge >= 0.3 is 11.9 Å². The molecule has 1 aliphatic heterocycles. The number of amides is 1. The molecule has 3 rings (SSSR count). The number of sulfonamides is 1. The highest BCUT2D eigenvalue weighted by atomic mass is 32.2. The Morgan fingerprint density at radius 3 is 1.84 bits per heavy atom. The van der Waals surface area contributed by atoms with E-state index in [4.69, 9.17) is 24.5 Å². The number of carboxylic acids is 2. The van der Waals surface area contributed by atoms with E-state index in [9.17, 15) is 18.0 Å². The Balaban J connectivity index is 0.000000717. The first kappa shape index (κ1) is 29.4. The number of ether oxygens (including phenoxy) is 1. The van der Waals surface area contributed by atoms with Crippen LogP contribution in [-0.4, -0.2) is 90.8 Å². The average molecular weight is 536 g/mol. The Morgan fingerprint density at radius 2 is 1.41 bits per heavy atom. The van der Waals surface area contributed by atoms with Crippen molar-refractivity contribution in [3.63, 3.8) is 0 Å². The largest absolute Gasteiger partial charge is 0.497 e. The van der Waals surface area contributed by atoms with Gasteiger partial charge in [0.2, 0.25) is 15.9 Å². The summed E-state index contributed by atoms with van der Waals surface area (Å²) in [6.07, 6.45) is 0. The third-order valence-corrected chi connectivity index (χ3v) is 7.55. The van der Waals surface area contributed by atoms with E-state index in [0.29, 0.717) is 43.2 Å². The molecule has 37 heavy (non-hydrogen) atoms. The van der Waals surface area contributed by atoms with Crippen LogP contribution in [-0.2, 0) is 24.4 Å². The van der Waals surface area contributed by atoms with E-state index in [1.165, 1.54) is 30.5 Å². The van der Waals surface area contributed by atoms with Crippen molar-refractivity contribution in [1.82, 2.24) is 9.21 Å². The molecule has 1 fully saturated rings. The van der Waals surface area contributed by atoms with Crippen LogP contribution < -0.4 is 10.1 Å². The highest BCUT2D eigenvalue weighted by Gasteiger charge is 2.31. The summed E-state index contributed by atoms with van der Waals surface area (Å²) < 4.78 is 32.3. The van der Waals surface area contributed by atoms with Crippen LogP contribution in [0.3, 0.4) is 0 Å². The summed E-state index contributed by atoms with van der Waals surface area (Å²) in [4.78, 5) is 44.4. The molecule has 3 N–H and O–H groups in total. The molecule has 0 saturated carbocycles. The van der Waals surface area contributed by atoms with E-state index in [-0.39, 0.29) is 16.6 Å². The zero-order valence-corrected chi connectivity index (χ0v) is 21.4. The van der Waals surface area contributed by atoms with Gasteiger partial charge in [-0.1, -0.05) is 0 Å². The molecule has 1 aliphatic rings. The number of nitrogens with zero attached hydrogens (tertiary/aromatic N) is 2. The maximum Gasteiger partial charge on any atom is 0.414 e. The van der Waals surface area contributed by atoms with Gasteiger partial charge in [0, 0.05) is 37.4 Å². The highest BCUT2D eigenvalue weighted by Crippen LogP contribution is 2.21. The van der Waals surface area contributed by atoms with Crippen LogP contribution in [0, 0.1) is 0 Å². The SMILES string of the molecule is COc1ccc(S(=O)(=O)N2CCN(C(C)C(=O)Nc3ccc(C(C)=O)cc3)CC2)cc1.O=C(O)C(=O)O. The van der Waals surface area contributed by atoms with Gasteiger partial charge in [0.1, 0.15) is 5.75 Å². The van der Waals surface area contributed by atoms with Gasteiger partial charge in [0.25, 0.3) is 0 Å². The fourth-order valence-electron chi connectivity index (χ4n) is 3.43. The topological polar surface area (TPSA) is 171 Å². The Labute approximate surface area is 214 Å². The Hall–Kier alpha value is -3.81. The van der Waals surface area contributed by atoms with Gasteiger partial charge in [-0.05, 0) is 62.4 Å². The number of hydrogen-bond acceptors (Lipinski definition) is 8. The number of rotatable bonds is 7. The van der Waals surface area contributed by atoms with Crippen molar-refractivity contribution in [3.05, 3.63) is 54.1 Å². The van der Waals surface area contributed by atoms with Gasteiger partial charge in [-0.15, -0.1) is 0 Å². The average Bonchev–Trinajstić information content (AvgIpc) is 2.89. The van der Waals surface area contributed by atoms with Crippen molar-refractivity contribution in [1.29, 1.82) is 0 Å². The lowest BCUT2D eigenvalue weighted by Crippen LogP contribution is -2.53. The number of methoxy groups -OCH3 is 1. The Morgan fingerprint density at radius 1 is 0.892 bits per heavy atom. The number of carbonyl (C=O) groups excluding carboxylic acids is 2. The number of Topliss-reactive ketones (excluding diaryl/α,β-unsaturated/α-hetero) is 1. The van der Waals surface area contributed by atoms with Gasteiger partial charge < -0.3 is 20.3 Å². The third kappa shape index (κ3) is 8.10. The van der Waals surface area contributed by atoms with E-state index in [1.807, 2.05) is 4.90 Å². The molecule has 200 valence electrons. The molecular weight excluding hydrogens is 506 g/mol. The Kier molecular flexibility index (Phi) is 10.3. The van der Waals surface area contributed by atoms with Crippen LogP contribution in [0.25, 0.3) is 0 Å². The summed E-state index contributed by atoms with van der Waals surface area (Å²) in [7, 11) is -2.06. The second-order valence-corrected chi connectivity index (χ2v) is 9.96. The van der Waals surface area contributed by atoms with Gasteiger partial charge in [-0.3, -0.25) is 14.5 Å². The number of carboxylic acid groups (broad SMARTS) is 2. The fourth-order valence-corrected chi connectivity index (χ4v) is 4.85. The van der Waals surface area contributed by atoms with Crippen LogP contribution in [0.2, 0.25) is 0 Å². The molecular formula is C24H29N3O9S. The summed E-state index contributed by atoms with van der Waals surface area (Å²) in [5.41, 5.74) is 1.20. The van der Waals surface area contributed by atoms with Gasteiger partial charge in [-0.2, -0.15) is 4.31 Å². The van der Waals surface area contributed by atoms with Crippen LogP contribution in [0.4, 0.5) is 5.69 Å². The minimum atomic E-state index is -3.59. The van der Waals surface area contributed by atoms with Gasteiger partial charge in [0.05, 0.1) is 18.0 Å². The molecule has 1 atom stereocenters. The lowest BCUT2D eigenvalue weighted by molar-refractivity contribution is -0.159. The zero-order chi connectivity index (χ0) is 27.8. The first-order chi connectivity index (χ1) is 17.4. The summed E-state index contributed by atoms with van der Waals surface area (Å²) in [5, 5.41) is 17.6. The predicted molar refractivity (Wildman–Crippen MR) is 133 cm³/mol. The zero-order valence-electron chi connectivity index (χ0n) is 20.6.